The first-order chi connectivity index (χ1) is 11.1. The van der Waals surface area contributed by atoms with Crippen LogP contribution in [-0.2, 0) is 9.53 Å². The highest BCUT2D eigenvalue weighted by atomic mass is 16.5. The van der Waals surface area contributed by atoms with E-state index in [0.717, 1.165) is 31.6 Å². The predicted molar refractivity (Wildman–Crippen MR) is 85.5 cm³/mol. The molecular formula is C16H24N4O3. The van der Waals surface area contributed by atoms with Gasteiger partial charge in [-0.25, -0.2) is 0 Å². The molecule has 0 spiro atoms. The number of hydrogen-bond donors (Lipinski definition) is 0. The van der Waals surface area contributed by atoms with Crippen LogP contribution < -0.4 is 9.64 Å². The smallest absolute Gasteiger partial charge is 0.233 e. The van der Waals surface area contributed by atoms with Gasteiger partial charge in [0.15, 0.2) is 5.82 Å². The van der Waals surface area contributed by atoms with E-state index >= 15 is 0 Å². The molecule has 1 aromatic heterocycles. The first-order valence-electron chi connectivity index (χ1n) is 8.17. The third kappa shape index (κ3) is 3.90. The van der Waals surface area contributed by atoms with E-state index in [1.165, 1.54) is 0 Å². The summed E-state index contributed by atoms with van der Waals surface area (Å²) in [6.07, 6.45) is 2.50. The monoisotopic (exact) mass is 320 g/mol. The van der Waals surface area contributed by atoms with Crippen LogP contribution in [0.4, 0.5) is 5.82 Å². The fraction of sp³-hybridized carbons (Fsp3) is 0.688. The molecule has 3 rings (SSSR count). The molecule has 2 saturated heterocycles. The van der Waals surface area contributed by atoms with Crippen LogP contribution in [0.2, 0.25) is 0 Å². The van der Waals surface area contributed by atoms with E-state index in [0.29, 0.717) is 25.6 Å². The molecule has 0 N–H and O–H groups in total. The highest BCUT2D eigenvalue weighted by molar-refractivity contribution is 5.79. The van der Waals surface area contributed by atoms with Gasteiger partial charge in [0, 0.05) is 52.3 Å². The van der Waals surface area contributed by atoms with Crippen molar-refractivity contribution in [1.29, 1.82) is 0 Å². The molecule has 0 radical (unpaired) electrons. The van der Waals surface area contributed by atoms with E-state index in [-0.39, 0.29) is 17.9 Å². The van der Waals surface area contributed by atoms with Crippen molar-refractivity contribution in [3.8, 4) is 5.88 Å². The van der Waals surface area contributed by atoms with Gasteiger partial charge in [-0.15, -0.1) is 10.2 Å². The summed E-state index contributed by atoms with van der Waals surface area (Å²) >= 11 is 0. The molecule has 0 bridgehead atoms. The highest BCUT2D eigenvalue weighted by Crippen LogP contribution is 2.22. The molecule has 0 saturated carbocycles. The van der Waals surface area contributed by atoms with Crippen LogP contribution in [0.25, 0.3) is 0 Å². The fourth-order valence-electron chi connectivity index (χ4n) is 3.01. The van der Waals surface area contributed by atoms with Crippen LogP contribution in [0.3, 0.4) is 0 Å². The second-order valence-electron chi connectivity index (χ2n) is 6.32. The Kier molecular flexibility index (Phi) is 4.95. The fourth-order valence-corrected chi connectivity index (χ4v) is 3.01. The Bertz CT molecular complexity index is 529. The number of amides is 1. The predicted octanol–water partition coefficient (Wildman–Crippen LogP) is 0.949. The SMILES string of the molecule is CN(C)c1ccc(OC2CCN(C(=O)C3CCOCC3)C2)nn1. The second kappa shape index (κ2) is 7.12. The van der Waals surface area contributed by atoms with Crippen LogP contribution in [0.15, 0.2) is 12.1 Å². The first-order valence-corrected chi connectivity index (χ1v) is 8.17. The highest BCUT2D eigenvalue weighted by Gasteiger charge is 2.32. The van der Waals surface area contributed by atoms with Crippen LogP contribution >= 0.6 is 0 Å². The Labute approximate surface area is 136 Å². The molecule has 1 aromatic rings. The Morgan fingerprint density at radius 3 is 2.70 bits per heavy atom. The molecule has 1 unspecified atom stereocenters. The Morgan fingerprint density at radius 1 is 1.26 bits per heavy atom. The molecule has 0 aliphatic carbocycles. The van der Waals surface area contributed by atoms with E-state index < -0.39 is 0 Å². The largest absolute Gasteiger partial charge is 0.471 e. The van der Waals surface area contributed by atoms with Gasteiger partial charge >= 0.3 is 0 Å². The van der Waals surface area contributed by atoms with Gasteiger partial charge in [0.1, 0.15) is 6.10 Å². The molecular weight excluding hydrogens is 296 g/mol. The number of hydrogen-bond acceptors (Lipinski definition) is 6. The number of ether oxygens (including phenoxy) is 2. The average Bonchev–Trinajstić information content (AvgIpc) is 3.04. The van der Waals surface area contributed by atoms with Crippen molar-refractivity contribution in [3.05, 3.63) is 12.1 Å². The topological polar surface area (TPSA) is 67.8 Å². The van der Waals surface area contributed by atoms with Crippen molar-refractivity contribution in [1.82, 2.24) is 15.1 Å². The number of carbonyl (C=O) groups is 1. The van der Waals surface area contributed by atoms with Gasteiger partial charge in [0.05, 0.1) is 6.54 Å². The van der Waals surface area contributed by atoms with E-state index in [2.05, 4.69) is 10.2 Å². The minimum Gasteiger partial charge on any atom is -0.471 e. The number of carbonyl (C=O) groups excluding carboxylic acids is 1. The van der Waals surface area contributed by atoms with Crippen molar-refractivity contribution < 1.29 is 14.3 Å². The summed E-state index contributed by atoms with van der Waals surface area (Å²) in [6.45, 7) is 2.77. The summed E-state index contributed by atoms with van der Waals surface area (Å²) < 4.78 is 11.2. The first kappa shape index (κ1) is 16.0. The minimum atomic E-state index is -0.00158. The van der Waals surface area contributed by atoms with Crippen molar-refractivity contribution in [2.75, 3.05) is 45.3 Å². The van der Waals surface area contributed by atoms with E-state index in [1.54, 1.807) is 0 Å². The Balaban J connectivity index is 1.52. The lowest BCUT2D eigenvalue weighted by molar-refractivity contribution is -0.137. The molecule has 7 heteroatoms. The maximum absolute atomic E-state index is 12.5. The maximum atomic E-state index is 12.5. The van der Waals surface area contributed by atoms with Gasteiger partial charge in [-0.3, -0.25) is 4.79 Å². The molecule has 126 valence electrons. The van der Waals surface area contributed by atoms with Crippen molar-refractivity contribution in [3.63, 3.8) is 0 Å². The Hall–Kier alpha value is -1.89. The summed E-state index contributed by atoms with van der Waals surface area (Å²) in [5.41, 5.74) is 0. The molecule has 2 fully saturated rings. The van der Waals surface area contributed by atoms with Crippen LogP contribution in [0.5, 0.6) is 5.88 Å². The molecule has 7 nitrogen and oxygen atoms in total. The normalized spacial score (nSPS) is 22.2. The van der Waals surface area contributed by atoms with E-state index in [9.17, 15) is 4.79 Å². The zero-order valence-corrected chi connectivity index (χ0v) is 13.8. The molecule has 0 aromatic carbocycles. The quantitative estimate of drug-likeness (QED) is 0.823. The maximum Gasteiger partial charge on any atom is 0.233 e. The number of likely N-dealkylation sites (tertiary alicyclic amines) is 1. The van der Waals surface area contributed by atoms with Crippen molar-refractivity contribution >= 4 is 11.7 Å². The van der Waals surface area contributed by atoms with Gasteiger partial charge in [-0.05, 0) is 18.9 Å². The molecule has 2 aliphatic heterocycles. The van der Waals surface area contributed by atoms with Gasteiger partial charge in [-0.1, -0.05) is 0 Å². The zero-order chi connectivity index (χ0) is 16.2. The third-order valence-electron chi connectivity index (χ3n) is 4.40. The van der Waals surface area contributed by atoms with Gasteiger partial charge in [-0.2, -0.15) is 0 Å². The lowest BCUT2D eigenvalue weighted by atomic mass is 9.99. The number of anilines is 1. The molecule has 3 heterocycles. The summed E-state index contributed by atoms with van der Waals surface area (Å²) in [6, 6.07) is 3.70. The Morgan fingerprint density at radius 2 is 2.04 bits per heavy atom. The summed E-state index contributed by atoms with van der Waals surface area (Å²) in [7, 11) is 3.84. The van der Waals surface area contributed by atoms with Gasteiger partial charge in [0.25, 0.3) is 0 Å². The van der Waals surface area contributed by atoms with Crippen LogP contribution in [-0.4, -0.2) is 67.5 Å². The lowest BCUT2D eigenvalue weighted by Gasteiger charge is -2.26. The van der Waals surface area contributed by atoms with Crippen molar-refractivity contribution in [2.45, 2.75) is 25.4 Å². The standard InChI is InChI=1S/C16H24N4O3/c1-19(2)14-3-4-15(18-17-14)23-13-5-8-20(11-13)16(21)12-6-9-22-10-7-12/h3-4,12-13H,5-11H2,1-2H3. The molecule has 1 atom stereocenters. The van der Waals surface area contributed by atoms with Crippen molar-refractivity contribution in [2.24, 2.45) is 5.92 Å². The molecule has 1 amide bonds. The number of nitrogens with zero attached hydrogens (tertiary/aromatic N) is 4. The van der Waals surface area contributed by atoms with Crippen LogP contribution in [0, 0.1) is 5.92 Å². The van der Waals surface area contributed by atoms with Gasteiger partial charge in [0.2, 0.25) is 11.8 Å². The van der Waals surface area contributed by atoms with E-state index in [1.807, 2.05) is 36.0 Å². The lowest BCUT2D eigenvalue weighted by Crippen LogP contribution is -2.38. The summed E-state index contributed by atoms with van der Waals surface area (Å²) in [4.78, 5) is 16.3. The van der Waals surface area contributed by atoms with Gasteiger partial charge < -0.3 is 19.3 Å². The zero-order valence-electron chi connectivity index (χ0n) is 13.8. The summed E-state index contributed by atoms with van der Waals surface area (Å²) in [5, 5.41) is 8.19. The minimum absolute atomic E-state index is 0.00158. The number of aromatic nitrogens is 2. The second-order valence-corrected chi connectivity index (χ2v) is 6.32. The summed E-state index contributed by atoms with van der Waals surface area (Å²) in [5.74, 6) is 1.66. The molecule has 2 aliphatic rings. The third-order valence-corrected chi connectivity index (χ3v) is 4.40. The van der Waals surface area contributed by atoms with E-state index in [4.69, 9.17) is 9.47 Å². The average molecular weight is 320 g/mol. The van der Waals surface area contributed by atoms with Crippen LogP contribution in [0.1, 0.15) is 19.3 Å². The molecule has 23 heavy (non-hydrogen) atoms. The number of rotatable bonds is 4.